The van der Waals surface area contributed by atoms with E-state index in [1.807, 2.05) is 19.1 Å². The Balaban J connectivity index is 2.27. The predicted molar refractivity (Wildman–Crippen MR) is 101 cm³/mol. The fraction of sp³-hybridized carbons (Fsp3) is 0.211. The summed E-state index contributed by atoms with van der Waals surface area (Å²) in [5, 5.41) is 8.84. The van der Waals surface area contributed by atoms with Gasteiger partial charge in [0.1, 0.15) is 0 Å². The van der Waals surface area contributed by atoms with Gasteiger partial charge in [0.05, 0.1) is 6.54 Å². The van der Waals surface area contributed by atoms with Crippen molar-refractivity contribution in [2.75, 3.05) is 0 Å². The highest BCUT2D eigenvalue weighted by molar-refractivity contribution is 6.30. The Labute approximate surface area is 155 Å². The van der Waals surface area contributed by atoms with Crippen LogP contribution in [0.15, 0.2) is 29.1 Å². The Morgan fingerprint density at radius 2 is 2.08 bits per heavy atom. The van der Waals surface area contributed by atoms with E-state index in [-0.39, 0.29) is 17.7 Å². The average Bonchev–Trinajstić information content (AvgIpc) is 2.94. The van der Waals surface area contributed by atoms with Gasteiger partial charge in [-0.25, -0.2) is 4.98 Å². The van der Waals surface area contributed by atoms with Gasteiger partial charge in [-0.3, -0.25) is 19.3 Å². The SMILES string of the molecule is C#CCn1c(=O)c2c(nc(C#Cc3cccc(Cl)c3)n2C)n(CC)c1=N. The summed E-state index contributed by atoms with van der Waals surface area (Å²) in [7, 11) is 1.72. The largest absolute Gasteiger partial charge is 0.314 e. The summed E-state index contributed by atoms with van der Waals surface area (Å²) in [4.78, 5) is 17.2. The van der Waals surface area contributed by atoms with Gasteiger partial charge in [-0.2, -0.15) is 0 Å². The van der Waals surface area contributed by atoms with Crippen molar-refractivity contribution in [3.63, 3.8) is 0 Å². The van der Waals surface area contributed by atoms with Crippen molar-refractivity contribution >= 4 is 22.8 Å². The van der Waals surface area contributed by atoms with Crippen LogP contribution in [-0.4, -0.2) is 18.7 Å². The standard InChI is InChI=1S/C19H16ClN5O/c1-4-11-25-18(26)16-17(24(5-2)19(25)21)22-15(23(16)3)10-9-13-7-6-8-14(20)12-13/h1,6-8,12,21H,5,11H2,2-3H3. The van der Waals surface area contributed by atoms with Crippen LogP contribution < -0.4 is 11.2 Å². The third-order valence-electron chi connectivity index (χ3n) is 4.00. The number of benzene rings is 1. The highest BCUT2D eigenvalue weighted by Crippen LogP contribution is 2.11. The summed E-state index contributed by atoms with van der Waals surface area (Å²) in [6.07, 6.45) is 5.34. The lowest BCUT2D eigenvalue weighted by molar-refractivity contribution is 0.599. The molecule has 1 aromatic carbocycles. The van der Waals surface area contributed by atoms with E-state index in [1.165, 1.54) is 4.57 Å². The number of nitrogens with zero attached hydrogens (tertiary/aromatic N) is 4. The van der Waals surface area contributed by atoms with Crippen LogP contribution in [-0.2, 0) is 20.1 Å². The van der Waals surface area contributed by atoms with Gasteiger partial charge >= 0.3 is 0 Å². The van der Waals surface area contributed by atoms with E-state index in [9.17, 15) is 4.79 Å². The lowest BCUT2D eigenvalue weighted by Crippen LogP contribution is -2.40. The summed E-state index contributed by atoms with van der Waals surface area (Å²) < 4.78 is 4.52. The summed E-state index contributed by atoms with van der Waals surface area (Å²) in [6, 6.07) is 7.19. The molecule has 0 bridgehead atoms. The number of imidazole rings is 1. The molecule has 0 unspecified atom stereocenters. The third-order valence-corrected chi connectivity index (χ3v) is 4.24. The molecule has 0 saturated carbocycles. The van der Waals surface area contributed by atoms with Gasteiger partial charge in [0.2, 0.25) is 5.62 Å². The third kappa shape index (κ3) is 2.92. The molecule has 3 aromatic rings. The first-order valence-corrected chi connectivity index (χ1v) is 8.31. The quantitative estimate of drug-likeness (QED) is 0.703. The summed E-state index contributed by atoms with van der Waals surface area (Å²) in [5.41, 5.74) is 1.22. The van der Waals surface area contributed by atoms with Gasteiger partial charge in [-0.05, 0) is 31.0 Å². The average molecular weight is 366 g/mol. The lowest BCUT2D eigenvalue weighted by Gasteiger charge is -2.09. The Bertz CT molecular complexity index is 1230. The minimum atomic E-state index is -0.349. The first kappa shape index (κ1) is 17.6. The number of aromatic nitrogens is 4. The van der Waals surface area contributed by atoms with Crippen molar-refractivity contribution in [2.24, 2.45) is 7.05 Å². The van der Waals surface area contributed by atoms with Crippen LogP contribution in [0.3, 0.4) is 0 Å². The molecule has 0 amide bonds. The van der Waals surface area contributed by atoms with E-state index >= 15 is 0 Å². The molecule has 0 aliphatic heterocycles. The molecule has 6 nitrogen and oxygen atoms in total. The number of terminal acetylenes is 1. The highest BCUT2D eigenvalue weighted by Gasteiger charge is 2.16. The number of nitrogens with one attached hydrogen (secondary N) is 1. The zero-order chi connectivity index (χ0) is 18.8. The molecule has 0 aliphatic rings. The predicted octanol–water partition coefficient (Wildman–Crippen LogP) is 1.72. The van der Waals surface area contributed by atoms with Crippen molar-refractivity contribution < 1.29 is 0 Å². The number of rotatable bonds is 2. The van der Waals surface area contributed by atoms with E-state index in [2.05, 4.69) is 22.7 Å². The van der Waals surface area contributed by atoms with E-state index in [1.54, 1.807) is 28.3 Å². The molecule has 2 heterocycles. The van der Waals surface area contributed by atoms with Crippen molar-refractivity contribution in [3.8, 4) is 24.2 Å². The Morgan fingerprint density at radius 3 is 2.73 bits per heavy atom. The smallest absolute Gasteiger partial charge is 0.282 e. The summed E-state index contributed by atoms with van der Waals surface area (Å²) >= 11 is 5.97. The zero-order valence-electron chi connectivity index (χ0n) is 14.4. The molecule has 1 N–H and O–H groups in total. The van der Waals surface area contributed by atoms with E-state index < -0.39 is 0 Å². The first-order valence-electron chi connectivity index (χ1n) is 7.93. The minimum absolute atomic E-state index is 0.0235. The molecular formula is C19H16ClN5O. The number of hydrogen-bond donors (Lipinski definition) is 1. The molecule has 0 spiro atoms. The zero-order valence-corrected chi connectivity index (χ0v) is 15.1. The minimum Gasteiger partial charge on any atom is -0.314 e. The lowest BCUT2D eigenvalue weighted by atomic mass is 10.2. The second-order valence-corrected chi connectivity index (χ2v) is 6.03. The van der Waals surface area contributed by atoms with Gasteiger partial charge in [-0.1, -0.05) is 29.5 Å². The second kappa shape index (κ2) is 6.95. The van der Waals surface area contributed by atoms with E-state index in [0.29, 0.717) is 28.6 Å². The summed E-state index contributed by atoms with van der Waals surface area (Å²) in [6.45, 7) is 2.40. The van der Waals surface area contributed by atoms with Crippen molar-refractivity contribution in [1.29, 1.82) is 5.41 Å². The van der Waals surface area contributed by atoms with Gasteiger partial charge in [-0.15, -0.1) is 6.42 Å². The van der Waals surface area contributed by atoms with Crippen molar-refractivity contribution in [1.82, 2.24) is 18.7 Å². The maximum Gasteiger partial charge on any atom is 0.282 e. The highest BCUT2D eigenvalue weighted by atomic mass is 35.5. The van der Waals surface area contributed by atoms with Crippen LogP contribution in [0.25, 0.3) is 11.2 Å². The van der Waals surface area contributed by atoms with Gasteiger partial charge in [0.25, 0.3) is 5.56 Å². The molecule has 26 heavy (non-hydrogen) atoms. The van der Waals surface area contributed by atoms with Crippen LogP contribution in [0.2, 0.25) is 5.02 Å². The topological polar surface area (TPSA) is 68.6 Å². The van der Waals surface area contributed by atoms with Crippen LogP contribution >= 0.6 is 11.6 Å². The number of fused-ring (bicyclic) bond motifs is 1. The maximum atomic E-state index is 12.8. The van der Waals surface area contributed by atoms with Crippen LogP contribution in [0.5, 0.6) is 0 Å². The molecule has 130 valence electrons. The molecule has 7 heteroatoms. The fourth-order valence-corrected chi connectivity index (χ4v) is 2.92. The maximum absolute atomic E-state index is 12.8. The summed E-state index contributed by atoms with van der Waals surface area (Å²) in [5.74, 6) is 8.82. The van der Waals surface area contributed by atoms with Crippen LogP contribution in [0.4, 0.5) is 0 Å². The molecule has 2 aromatic heterocycles. The van der Waals surface area contributed by atoms with Crippen molar-refractivity contribution in [3.05, 3.63) is 56.6 Å². The van der Waals surface area contributed by atoms with Gasteiger partial charge in [0, 0.05) is 24.2 Å². The normalized spacial score (nSPS) is 10.4. The molecular weight excluding hydrogens is 350 g/mol. The fourth-order valence-electron chi connectivity index (χ4n) is 2.73. The molecule has 3 rings (SSSR count). The monoisotopic (exact) mass is 365 g/mol. The molecule has 0 saturated heterocycles. The first-order chi connectivity index (χ1) is 12.5. The Hall–Kier alpha value is -3.22. The Morgan fingerprint density at radius 1 is 1.31 bits per heavy atom. The van der Waals surface area contributed by atoms with E-state index in [4.69, 9.17) is 23.4 Å². The Kier molecular flexibility index (Phi) is 4.71. The van der Waals surface area contributed by atoms with Crippen molar-refractivity contribution in [2.45, 2.75) is 20.0 Å². The molecule has 0 atom stereocenters. The number of aryl methyl sites for hydroxylation is 2. The molecule has 0 fully saturated rings. The van der Waals surface area contributed by atoms with Crippen LogP contribution in [0, 0.1) is 29.6 Å². The van der Waals surface area contributed by atoms with E-state index in [0.717, 1.165) is 5.56 Å². The van der Waals surface area contributed by atoms with Gasteiger partial charge in [0.15, 0.2) is 17.0 Å². The second-order valence-electron chi connectivity index (χ2n) is 5.59. The number of halogens is 1. The molecule has 0 radical (unpaired) electrons. The van der Waals surface area contributed by atoms with Crippen LogP contribution in [0.1, 0.15) is 18.3 Å². The van der Waals surface area contributed by atoms with Gasteiger partial charge < -0.3 is 4.57 Å². The number of hydrogen-bond acceptors (Lipinski definition) is 3. The molecule has 0 aliphatic carbocycles.